The molecule has 6 heteroatoms. The Morgan fingerprint density at radius 2 is 2.14 bits per heavy atom. The summed E-state index contributed by atoms with van der Waals surface area (Å²) in [4.78, 5) is 10.4. The zero-order chi connectivity index (χ0) is 14.9. The number of nitro benzene ring substituents is 1. The minimum atomic E-state index is -0.378. The van der Waals surface area contributed by atoms with Crippen LogP contribution in [0.4, 0.5) is 11.4 Å². The molecule has 2 aliphatic rings. The molecule has 21 heavy (non-hydrogen) atoms. The van der Waals surface area contributed by atoms with E-state index in [1.165, 1.54) is 18.9 Å². The van der Waals surface area contributed by atoms with E-state index in [0.29, 0.717) is 6.04 Å². The lowest BCUT2D eigenvalue weighted by Crippen LogP contribution is -2.42. The summed E-state index contributed by atoms with van der Waals surface area (Å²) < 4.78 is 6.77. The van der Waals surface area contributed by atoms with Gasteiger partial charge in [-0.25, -0.2) is 0 Å². The van der Waals surface area contributed by atoms with Crippen LogP contribution >= 0.6 is 15.9 Å². The van der Waals surface area contributed by atoms with E-state index >= 15 is 0 Å². The number of hydrogen-bond acceptors (Lipinski definition) is 4. The summed E-state index contributed by atoms with van der Waals surface area (Å²) in [5.41, 5.74) is 1.09. The van der Waals surface area contributed by atoms with Crippen molar-refractivity contribution in [1.82, 2.24) is 0 Å². The molecule has 114 valence electrons. The van der Waals surface area contributed by atoms with Gasteiger partial charge in [0.25, 0.3) is 5.69 Å². The zero-order valence-corrected chi connectivity index (χ0v) is 13.4. The van der Waals surface area contributed by atoms with Crippen molar-refractivity contribution in [1.29, 1.82) is 0 Å². The van der Waals surface area contributed by atoms with E-state index in [-0.39, 0.29) is 16.2 Å². The van der Waals surface area contributed by atoms with Crippen molar-refractivity contribution in [3.8, 4) is 0 Å². The lowest BCUT2D eigenvalue weighted by Gasteiger charge is -2.39. The Hall–Kier alpha value is -1.14. The maximum atomic E-state index is 10.8. The third kappa shape index (κ3) is 3.21. The largest absolute Gasteiger partial charge is 0.381 e. The minimum absolute atomic E-state index is 0.0726. The average Bonchev–Trinajstić information content (AvgIpc) is 2.89. The van der Waals surface area contributed by atoms with Gasteiger partial charge in [-0.1, -0.05) is 12.8 Å². The first kappa shape index (κ1) is 14.8. The lowest BCUT2D eigenvalue weighted by molar-refractivity contribution is -0.384. The van der Waals surface area contributed by atoms with Crippen LogP contribution in [0.5, 0.6) is 0 Å². The number of nitrogens with one attached hydrogen (secondary N) is 1. The molecule has 1 spiro atoms. The Kier molecular flexibility index (Phi) is 4.17. The molecule has 1 saturated carbocycles. The Morgan fingerprint density at radius 1 is 1.38 bits per heavy atom. The van der Waals surface area contributed by atoms with Gasteiger partial charge in [0.1, 0.15) is 0 Å². The Balaban J connectivity index is 1.70. The summed E-state index contributed by atoms with van der Waals surface area (Å²) in [5.74, 6) is 0. The number of benzene rings is 1. The van der Waals surface area contributed by atoms with Crippen LogP contribution in [0, 0.1) is 10.1 Å². The summed E-state index contributed by atoms with van der Waals surface area (Å²) in [5, 5.41) is 14.3. The van der Waals surface area contributed by atoms with Gasteiger partial charge < -0.3 is 10.1 Å². The summed E-state index contributed by atoms with van der Waals surface area (Å²) in [7, 11) is 0. The number of non-ortho nitro benzene ring substituents is 1. The molecule has 5 nitrogen and oxygen atoms in total. The molecule has 1 aliphatic heterocycles. The smallest absolute Gasteiger partial charge is 0.270 e. The summed E-state index contributed by atoms with van der Waals surface area (Å²) in [6.45, 7) is 0.794. The Labute approximate surface area is 132 Å². The van der Waals surface area contributed by atoms with Crippen LogP contribution in [0.15, 0.2) is 22.7 Å². The van der Waals surface area contributed by atoms with Crippen molar-refractivity contribution in [2.45, 2.75) is 50.2 Å². The summed E-state index contributed by atoms with van der Waals surface area (Å²) >= 11 is 3.42. The summed E-state index contributed by atoms with van der Waals surface area (Å²) in [6, 6.07) is 5.23. The molecular weight excluding hydrogens is 336 g/mol. The van der Waals surface area contributed by atoms with E-state index in [2.05, 4.69) is 21.2 Å². The van der Waals surface area contributed by atoms with Gasteiger partial charge >= 0.3 is 0 Å². The Morgan fingerprint density at radius 3 is 2.81 bits per heavy atom. The molecule has 1 aromatic rings. The van der Waals surface area contributed by atoms with Gasteiger partial charge in [0.15, 0.2) is 0 Å². The predicted octanol–water partition coefficient (Wildman–Crippen LogP) is 4.26. The van der Waals surface area contributed by atoms with Crippen molar-refractivity contribution < 1.29 is 9.66 Å². The number of nitro groups is 1. The SMILES string of the molecule is O=[N+]([O-])c1ccc(NC2CCOC3(CCCC3)C2)c(Br)c1. The number of halogens is 1. The van der Waals surface area contributed by atoms with Gasteiger partial charge in [-0.2, -0.15) is 0 Å². The Bertz CT molecular complexity index is 544. The van der Waals surface area contributed by atoms with Gasteiger partial charge in [-0.05, 0) is 47.7 Å². The molecule has 1 aliphatic carbocycles. The molecule has 1 heterocycles. The molecular formula is C15H19BrN2O3. The number of ether oxygens (including phenoxy) is 1. The van der Waals surface area contributed by atoms with Crippen LogP contribution < -0.4 is 5.32 Å². The first-order chi connectivity index (χ1) is 10.1. The molecule has 2 fully saturated rings. The van der Waals surface area contributed by atoms with Crippen molar-refractivity contribution in [3.63, 3.8) is 0 Å². The second-order valence-corrected chi connectivity index (χ2v) is 6.85. The first-order valence-electron chi connectivity index (χ1n) is 7.42. The fourth-order valence-electron chi connectivity index (χ4n) is 3.47. The van der Waals surface area contributed by atoms with Gasteiger partial charge in [0, 0.05) is 34.9 Å². The molecule has 0 aromatic heterocycles. The molecule has 0 radical (unpaired) electrons. The maximum Gasteiger partial charge on any atom is 0.270 e. The topological polar surface area (TPSA) is 64.4 Å². The number of rotatable bonds is 3. The molecule has 0 amide bonds. The van der Waals surface area contributed by atoms with Crippen LogP contribution in [-0.2, 0) is 4.74 Å². The number of anilines is 1. The summed E-state index contributed by atoms with van der Waals surface area (Å²) in [6.07, 6.45) is 6.84. The predicted molar refractivity (Wildman–Crippen MR) is 84.6 cm³/mol. The van der Waals surface area contributed by atoms with Crippen LogP contribution in [0.3, 0.4) is 0 Å². The van der Waals surface area contributed by atoms with Crippen molar-refractivity contribution in [3.05, 3.63) is 32.8 Å². The van der Waals surface area contributed by atoms with Gasteiger partial charge in [0.05, 0.1) is 10.5 Å². The fraction of sp³-hybridized carbons (Fsp3) is 0.600. The van der Waals surface area contributed by atoms with E-state index < -0.39 is 0 Å². The third-order valence-electron chi connectivity index (χ3n) is 4.53. The normalized spacial score (nSPS) is 24.1. The van der Waals surface area contributed by atoms with Gasteiger partial charge in [-0.3, -0.25) is 10.1 Å². The minimum Gasteiger partial charge on any atom is -0.381 e. The number of hydrogen-bond donors (Lipinski definition) is 1. The van der Waals surface area contributed by atoms with E-state index in [0.717, 1.165) is 42.5 Å². The van der Waals surface area contributed by atoms with Gasteiger partial charge in [0.2, 0.25) is 0 Å². The lowest BCUT2D eigenvalue weighted by atomic mass is 9.89. The average molecular weight is 355 g/mol. The van der Waals surface area contributed by atoms with Gasteiger partial charge in [-0.15, -0.1) is 0 Å². The zero-order valence-electron chi connectivity index (χ0n) is 11.8. The standard InChI is InChI=1S/C15H19BrN2O3/c16-13-9-12(18(19)20)3-4-14(13)17-11-5-8-21-15(10-11)6-1-2-7-15/h3-4,9,11,17H,1-2,5-8,10H2. The molecule has 3 rings (SSSR count). The fourth-order valence-corrected chi connectivity index (χ4v) is 3.95. The number of nitrogens with zero attached hydrogens (tertiary/aromatic N) is 1. The molecule has 1 saturated heterocycles. The van der Waals surface area contributed by atoms with Crippen LogP contribution in [0.1, 0.15) is 38.5 Å². The van der Waals surface area contributed by atoms with Crippen molar-refractivity contribution >= 4 is 27.3 Å². The third-order valence-corrected chi connectivity index (χ3v) is 5.19. The molecule has 0 bridgehead atoms. The first-order valence-corrected chi connectivity index (χ1v) is 8.22. The van der Waals surface area contributed by atoms with E-state index in [4.69, 9.17) is 4.74 Å². The van der Waals surface area contributed by atoms with Crippen molar-refractivity contribution in [2.24, 2.45) is 0 Å². The van der Waals surface area contributed by atoms with Crippen LogP contribution in [-0.4, -0.2) is 23.2 Å². The second kappa shape index (κ2) is 5.93. The monoisotopic (exact) mass is 354 g/mol. The maximum absolute atomic E-state index is 10.8. The quantitative estimate of drug-likeness (QED) is 0.650. The highest BCUT2D eigenvalue weighted by Gasteiger charge is 2.39. The van der Waals surface area contributed by atoms with Crippen LogP contribution in [0.25, 0.3) is 0 Å². The molecule has 1 aromatic carbocycles. The van der Waals surface area contributed by atoms with Crippen molar-refractivity contribution in [2.75, 3.05) is 11.9 Å². The molecule has 1 N–H and O–H groups in total. The molecule has 1 atom stereocenters. The highest BCUT2D eigenvalue weighted by molar-refractivity contribution is 9.10. The highest BCUT2D eigenvalue weighted by atomic mass is 79.9. The second-order valence-electron chi connectivity index (χ2n) is 5.99. The molecule has 1 unspecified atom stereocenters. The van der Waals surface area contributed by atoms with Crippen LogP contribution in [0.2, 0.25) is 0 Å². The van der Waals surface area contributed by atoms with E-state index in [1.807, 2.05) is 0 Å². The van der Waals surface area contributed by atoms with E-state index in [9.17, 15) is 10.1 Å². The highest BCUT2D eigenvalue weighted by Crippen LogP contribution is 2.41. The van der Waals surface area contributed by atoms with E-state index in [1.54, 1.807) is 12.1 Å².